The van der Waals surface area contributed by atoms with E-state index < -0.39 is 12.1 Å². The lowest BCUT2D eigenvalue weighted by Gasteiger charge is -2.26. The number of thiophene rings is 1. The maximum Gasteiger partial charge on any atom is 0.471 e. The topological polar surface area (TPSA) is 114 Å². The van der Waals surface area contributed by atoms with Gasteiger partial charge in [0.2, 0.25) is 5.82 Å². The van der Waals surface area contributed by atoms with Crippen molar-refractivity contribution in [2.75, 3.05) is 18.0 Å². The Morgan fingerprint density at radius 1 is 1.06 bits per heavy atom. The van der Waals surface area contributed by atoms with E-state index in [1.807, 2.05) is 0 Å². The van der Waals surface area contributed by atoms with E-state index in [0.29, 0.717) is 29.6 Å². The molecule has 36 heavy (non-hydrogen) atoms. The first-order chi connectivity index (χ1) is 17.4. The van der Waals surface area contributed by atoms with Crippen LogP contribution in [0.1, 0.15) is 40.5 Å². The molecule has 0 spiro atoms. The average molecular weight is 517 g/mol. The molecule has 0 aromatic carbocycles. The van der Waals surface area contributed by atoms with Crippen molar-refractivity contribution in [3.63, 3.8) is 0 Å². The Morgan fingerprint density at radius 2 is 1.89 bits per heavy atom. The Bertz CT molecular complexity index is 1320. The molecule has 1 amide bonds. The summed E-state index contributed by atoms with van der Waals surface area (Å²) in [5, 5.41) is 11.9. The normalized spacial score (nSPS) is 14.1. The number of halogens is 3. The summed E-state index contributed by atoms with van der Waals surface area (Å²) in [7, 11) is 0. The van der Waals surface area contributed by atoms with Gasteiger partial charge in [0, 0.05) is 30.4 Å². The molecule has 1 aliphatic rings. The van der Waals surface area contributed by atoms with Crippen molar-refractivity contribution >= 4 is 28.9 Å². The number of rotatable bonds is 6. The molecule has 0 bridgehead atoms. The fourth-order valence-electron chi connectivity index (χ4n) is 3.73. The zero-order valence-electron chi connectivity index (χ0n) is 18.7. The van der Waals surface area contributed by atoms with Crippen LogP contribution in [0.2, 0.25) is 0 Å². The van der Waals surface area contributed by atoms with E-state index in [9.17, 15) is 18.0 Å². The van der Waals surface area contributed by atoms with Gasteiger partial charge in [0.15, 0.2) is 17.3 Å². The first-order valence-corrected chi connectivity index (χ1v) is 11.9. The third-order valence-corrected chi connectivity index (χ3v) is 6.55. The Morgan fingerprint density at radius 3 is 2.56 bits per heavy atom. The summed E-state index contributed by atoms with van der Waals surface area (Å²) in [6, 6.07) is 6.67. The number of hydrogen-bond donors (Lipinski definition) is 0. The molecule has 0 N–H and O–H groups in total. The maximum atomic E-state index is 12.8. The Balaban J connectivity index is 1.38. The van der Waals surface area contributed by atoms with Gasteiger partial charge in [-0.05, 0) is 43.5 Å². The lowest BCUT2D eigenvalue weighted by atomic mass is 10.1. The van der Waals surface area contributed by atoms with E-state index in [-0.39, 0.29) is 24.0 Å². The van der Waals surface area contributed by atoms with Crippen molar-refractivity contribution in [1.29, 1.82) is 0 Å². The van der Waals surface area contributed by atoms with Gasteiger partial charge in [0.05, 0.1) is 17.6 Å². The second-order valence-corrected chi connectivity index (χ2v) is 9.13. The summed E-state index contributed by atoms with van der Waals surface area (Å²) in [5.74, 6) is -0.788. The van der Waals surface area contributed by atoms with E-state index in [1.165, 1.54) is 23.7 Å². The van der Waals surface area contributed by atoms with Crippen LogP contribution in [0.3, 0.4) is 0 Å². The van der Waals surface area contributed by atoms with Gasteiger partial charge in [-0.2, -0.15) is 18.2 Å². The number of carbonyl (C=O) groups excluding carboxylic acids is 1. The molecule has 4 aromatic heterocycles. The molecule has 4 aromatic rings. The van der Waals surface area contributed by atoms with E-state index in [2.05, 4.69) is 34.8 Å². The van der Waals surface area contributed by atoms with Gasteiger partial charge in [0.25, 0.3) is 5.91 Å². The molecule has 0 atom stereocenters. The summed E-state index contributed by atoms with van der Waals surface area (Å²) < 4.78 is 42.7. The third kappa shape index (κ3) is 5.17. The molecule has 1 fully saturated rings. The quantitative estimate of drug-likeness (QED) is 0.369. The van der Waals surface area contributed by atoms with E-state index >= 15 is 0 Å². The number of nitrogens with zero attached hydrogens (tertiary/aromatic N) is 8. The van der Waals surface area contributed by atoms with Crippen LogP contribution < -0.4 is 4.90 Å². The molecular weight excluding hydrogens is 497 g/mol. The lowest BCUT2D eigenvalue weighted by molar-refractivity contribution is -0.159. The number of anilines is 2. The highest BCUT2D eigenvalue weighted by molar-refractivity contribution is 7.15. The van der Waals surface area contributed by atoms with Gasteiger partial charge in [-0.25, -0.2) is 4.98 Å². The van der Waals surface area contributed by atoms with Crippen molar-refractivity contribution < 1.29 is 22.5 Å². The first-order valence-electron chi connectivity index (χ1n) is 11.0. The van der Waals surface area contributed by atoms with Gasteiger partial charge < -0.3 is 14.3 Å². The second-order valence-electron chi connectivity index (χ2n) is 7.97. The monoisotopic (exact) mass is 516 g/mol. The van der Waals surface area contributed by atoms with Crippen LogP contribution in [0.15, 0.2) is 47.4 Å². The highest BCUT2D eigenvalue weighted by atomic mass is 32.1. The predicted octanol–water partition coefficient (Wildman–Crippen LogP) is 4.36. The number of alkyl halides is 3. The Kier molecular flexibility index (Phi) is 6.59. The van der Waals surface area contributed by atoms with Crippen LogP contribution in [-0.4, -0.2) is 54.2 Å². The predicted molar refractivity (Wildman–Crippen MR) is 122 cm³/mol. The fourth-order valence-corrected chi connectivity index (χ4v) is 4.65. The molecule has 1 aliphatic heterocycles. The van der Waals surface area contributed by atoms with E-state index in [1.54, 1.807) is 40.3 Å². The van der Waals surface area contributed by atoms with Crippen LogP contribution in [0.4, 0.5) is 24.8 Å². The zero-order chi connectivity index (χ0) is 25.1. The first kappa shape index (κ1) is 23.8. The van der Waals surface area contributed by atoms with Crippen LogP contribution >= 0.6 is 11.3 Å². The van der Waals surface area contributed by atoms with Crippen LogP contribution in [-0.2, 0) is 12.7 Å². The van der Waals surface area contributed by atoms with E-state index in [0.717, 1.165) is 24.1 Å². The van der Waals surface area contributed by atoms with Gasteiger partial charge in [-0.15, -0.1) is 21.5 Å². The highest BCUT2D eigenvalue weighted by Crippen LogP contribution is 2.33. The number of carbonyl (C=O) groups is 1. The highest BCUT2D eigenvalue weighted by Gasteiger charge is 2.38. The molecule has 186 valence electrons. The smallest absolute Gasteiger partial charge is 0.337 e. The van der Waals surface area contributed by atoms with Crippen molar-refractivity contribution in [3.8, 4) is 10.7 Å². The minimum Gasteiger partial charge on any atom is -0.337 e. The molecule has 0 saturated carbocycles. The number of likely N-dealkylation sites (tertiary alicyclic amines) is 1. The minimum atomic E-state index is -4.71. The summed E-state index contributed by atoms with van der Waals surface area (Å²) in [6.07, 6.45) is 2.96. The van der Waals surface area contributed by atoms with Crippen LogP contribution in [0, 0.1) is 0 Å². The molecule has 5 heterocycles. The fraction of sp³-hybridized carbons (Fsp3) is 0.318. The van der Waals surface area contributed by atoms with Crippen LogP contribution in [0.25, 0.3) is 10.7 Å². The molecule has 1 saturated heterocycles. The molecular formula is C22H19F3N8O2S. The maximum absolute atomic E-state index is 12.8. The zero-order valence-corrected chi connectivity index (χ0v) is 19.5. The molecule has 14 heteroatoms. The average Bonchev–Trinajstić information content (AvgIpc) is 3.58. The van der Waals surface area contributed by atoms with Gasteiger partial charge in [0.1, 0.15) is 0 Å². The molecule has 0 radical (unpaired) electrons. The number of aromatic nitrogens is 6. The Hall–Kier alpha value is -3.94. The summed E-state index contributed by atoms with van der Waals surface area (Å²) in [5.41, 5.74) is 0.260. The summed E-state index contributed by atoms with van der Waals surface area (Å²) in [4.78, 5) is 29.3. The van der Waals surface area contributed by atoms with Crippen molar-refractivity contribution in [3.05, 3.63) is 59.3 Å². The van der Waals surface area contributed by atoms with Crippen LogP contribution in [0.5, 0.6) is 0 Å². The molecule has 5 rings (SSSR count). The van der Waals surface area contributed by atoms with Gasteiger partial charge in [-0.1, -0.05) is 5.16 Å². The summed E-state index contributed by atoms with van der Waals surface area (Å²) >= 11 is 1.20. The van der Waals surface area contributed by atoms with Gasteiger partial charge >= 0.3 is 12.1 Å². The molecule has 10 nitrogen and oxygen atoms in total. The third-order valence-electron chi connectivity index (χ3n) is 5.48. The molecule has 0 aliphatic carbocycles. The van der Waals surface area contributed by atoms with Crippen molar-refractivity contribution in [1.82, 2.24) is 35.2 Å². The minimum absolute atomic E-state index is 0.148. The number of piperidine rings is 1. The number of hydrogen-bond acceptors (Lipinski definition) is 10. The van der Waals surface area contributed by atoms with E-state index in [4.69, 9.17) is 0 Å². The van der Waals surface area contributed by atoms with Crippen molar-refractivity contribution in [2.45, 2.75) is 32.0 Å². The standard InChI is InChI=1S/C22H19F3N8O2S/c23-22(24,25)21-28-19(31-35-21)16-6-4-14(36-16)13-33(18-12-26-8-9-27-18)17-7-5-15(29-30-17)20(34)32-10-2-1-3-11-32/h4-9,12H,1-3,10-11,13H2. The molecule has 0 unspecified atom stereocenters. The number of amides is 1. The van der Waals surface area contributed by atoms with Gasteiger partial charge in [-0.3, -0.25) is 9.78 Å². The van der Waals surface area contributed by atoms with Crippen molar-refractivity contribution in [2.24, 2.45) is 0 Å². The second kappa shape index (κ2) is 9.97. The summed E-state index contributed by atoms with van der Waals surface area (Å²) in [6.45, 7) is 1.68. The SMILES string of the molecule is O=C(c1ccc(N(Cc2ccc(-c3noc(C(F)(F)F)n3)s2)c2cnccn2)nn1)N1CCCCC1. The largest absolute Gasteiger partial charge is 0.471 e. The Labute approximate surface area is 206 Å². The lowest BCUT2D eigenvalue weighted by Crippen LogP contribution is -2.36.